The molecule has 0 saturated carbocycles. The molecule has 0 aliphatic carbocycles. The van der Waals surface area contributed by atoms with Gasteiger partial charge in [-0.15, -0.1) is 11.3 Å². The Labute approximate surface area is 316 Å². The Morgan fingerprint density at radius 1 is 0.418 bits per heavy atom. The van der Waals surface area contributed by atoms with E-state index in [9.17, 15) is 25.5 Å². The summed E-state index contributed by atoms with van der Waals surface area (Å²) < 4.78 is 4.28. The number of benzene rings is 7. The summed E-state index contributed by atoms with van der Waals surface area (Å²) in [5.74, 6) is -4.63. The molecule has 264 valence electrons. The lowest BCUT2D eigenvalue weighted by molar-refractivity contribution is 0.329. The van der Waals surface area contributed by atoms with E-state index < -0.39 is 34.3 Å². The standard InChI is InChI=1S/C45H28N4O5S/c50-37-36(38(51)40(53)41(54)39(37)52)45-47-43(25-12-5-2-6-13-25)46-44(48-45)31-16-9-15-30-32-23-27(19-21-35(32)55-42(30)31)49-33-17-8-7-14-28(33)29-20-18-26(22-34(29)49)24-10-3-1-4-11-24/h1-23,50-54H. The molecule has 0 bridgehead atoms. The highest BCUT2D eigenvalue weighted by Gasteiger charge is 2.28. The number of fused-ring (bicyclic) bond motifs is 6. The second-order valence-electron chi connectivity index (χ2n) is 13.2. The summed E-state index contributed by atoms with van der Waals surface area (Å²) in [5.41, 5.74) is 6.36. The van der Waals surface area contributed by atoms with E-state index in [4.69, 9.17) is 4.98 Å². The third-order valence-corrected chi connectivity index (χ3v) is 11.2. The number of hydrogen-bond acceptors (Lipinski definition) is 9. The number of thiophene rings is 1. The minimum Gasteiger partial charge on any atom is -0.504 e. The predicted molar refractivity (Wildman–Crippen MR) is 217 cm³/mol. The summed E-state index contributed by atoms with van der Waals surface area (Å²) in [6.07, 6.45) is 0. The van der Waals surface area contributed by atoms with E-state index in [1.165, 1.54) is 10.8 Å². The molecule has 10 rings (SSSR count). The van der Waals surface area contributed by atoms with Crippen molar-refractivity contribution in [3.8, 4) is 79.7 Å². The van der Waals surface area contributed by atoms with Gasteiger partial charge in [-0.2, -0.15) is 0 Å². The summed E-state index contributed by atoms with van der Waals surface area (Å²) in [6, 6.07) is 47.0. The maximum atomic E-state index is 10.9. The molecule has 0 unspecified atom stereocenters. The molecule has 55 heavy (non-hydrogen) atoms. The topological polar surface area (TPSA) is 145 Å². The lowest BCUT2D eigenvalue weighted by atomic mass is 10.0. The van der Waals surface area contributed by atoms with Crippen molar-refractivity contribution < 1.29 is 25.5 Å². The first kappa shape index (κ1) is 32.2. The number of aromatic hydroxyl groups is 5. The zero-order chi connectivity index (χ0) is 37.4. The van der Waals surface area contributed by atoms with Crippen LogP contribution in [-0.2, 0) is 0 Å². The Morgan fingerprint density at radius 3 is 1.80 bits per heavy atom. The van der Waals surface area contributed by atoms with Gasteiger partial charge in [-0.3, -0.25) is 0 Å². The maximum Gasteiger partial charge on any atom is 0.208 e. The van der Waals surface area contributed by atoms with Gasteiger partial charge < -0.3 is 30.1 Å². The highest BCUT2D eigenvalue weighted by atomic mass is 32.1. The Balaban J connectivity index is 1.18. The molecule has 3 aromatic heterocycles. The smallest absolute Gasteiger partial charge is 0.208 e. The Bertz CT molecular complexity index is 3130. The summed E-state index contributed by atoms with van der Waals surface area (Å²) >= 11 is 1.59. The number of nitrogens with zero attached hydrogens (tertiary/aromatic N) is 4. The molecule has 5 N–H and O–H groups in total. The molecule has 3 heterocycles. The quantitative estimate of drug-likeness (QED) is 0.0867. The minimum absolute atomic E-state index is 0.217. The monoisotopic (exact) mass is 736 g/mol. The fourth-order valence-electron chi connectivity index (χ4n) is 7.38. The van der Waals surface area contributed by atoms with Crippen LogP contribution in [0.3, 0.4) is 0 Å². The van der Waals surface area contributed by atoms with E-state index in [2.05, 4.69) is 106 Å². The lowest BCUT2D eigenvalue weighted by Crippen LogP contribution is -2.01. The molecule has 10 heteroatoms. The van der Waals surface area contributed by atoms with E-state index in [1.807, 2.05) is 48.5 Å². The molecule has 0 spiro atoms. The van der Waals surface area contributed by atoms with Crippen LogP contribution in [0.2, 0.25) is 0 Å². The van der Waals surface area contributed by atoms with Crippen molar-refractivity contribution in [1.29, 1.82) is 0 Å². The second kappa shape index (κ2) is 12.3. The first-order valence-electron chi connectivity index (χ1n) is 17.4. The third kappa shape index (κ3) is 5.03. The van der Waals surface area contributed by atoms with Crippen LogP contribution in [0.4, 0.5) is 0 Å². The number of aromatic nitrogens is 4. The van der Waals surface area contributed by atoms with Crippen molar-refractivity contribution >= 4 is 53.3 Å². The van der Waals surface area contributed by atoms with Crippen LogP contribution in [0, 0.1) is 0 Å². The SMILES string of the molecule is Oc1c(O)c(O)c(-c2nc(-c3ccccc3)nc(-c3cccc4c3sc3ccc(-n5c6ccccc6c6ccc(-c7ccccc7)cc65)cc34)n2)c(O)c1O. The van der Waals surface area contributed by atoms with Gasteiger partial charge in [0.25, 0.3) is 0 Å². The Morgan fingerprint density at radius 2 is 1.04 bits per heavy atom. The Hall–Kier alpha value is -7.43. The first-order valence-corrected chi connectivity index (χ1v) is 18.2. The minimum atomic E-state index is -1.07. The number of hydrogen-bond donors (Lipinski definition) is 5. The van der Waals surface area contributed by atoms with Gasteiger partial charge in [0.05, 0.1) is 11.0 Å². The summed E-state index contributed by atoms with van der Waals surface area (Å²) in [6.45, 7) is 0. The van der Waals surface area contributed by atoms with E-state index in [0.29, 0.717) is 11.1 Å². The van der Waals surface area contributed by atoms with Crippen molar-refractivity contribution in [2.24, 2.45) is 0 Å². The van der Waals surface area contributed by atoms with Crippen LogP contribution in [0.15, 0.2) is 140 Å². The number of phenolic OH excluding ortho intramolecular Hbond substituents is 5. The van der Waals surface area contributed by atoms with Gasteiger partial charge in [-0.1, -0.05) is 103 Å². The molecular formula is C45H28N4O5S. The van der Waals surface area contributed by atoms with Crippen LogP contribution < -0.4 is 0 Å². The van der Waals surface area contributed by atoms with Crippen LogP contribution in [0.5, 0.6) is 28.7 Å². The van der Waals surface area contributed by atoms with Crippen molar-refractivity contribution in [3.05, 3.63) is 140 Å². The molecule has 0 aliphatic rings. The predicted octanol–water partition coefficient (Wildman–Crippen LogP) is 10.5. The average molecular weight is 737 g/mol. The van der Waals surface area contributed by atoms with Crippen molar-refractivity contribution in [1.82, 2.24) is 19.5 Å². The van der Waals surface area contributed by atoms with E-state index in [0.717, 1.165) is 48.0 Å². The summed E-state index contributed by atoms with van der Waals surface area (Å²) in [7, 11) is 0. The molecule has 0 atom stereocenters. The molecule has 0 fully saturated rings. The van der Waals surface area contributed by atoms with Crippen molar-refractivity contribution in [2.75, 3.05) is 0 Å². The number of para-hydroxylation sites is 1. The largest absolute Gasteiger partial charge is 0.504 e. The number of rotatable bonds is 5. The lowest BCUT2D eigenvalue weighted by Gasteiger charge is -2.13. The van der Waals surface area contributed by atoms with E-state index in [1.54, 1.807) is 11.3 Å². The van der Waals surface area contributed by atoms with Crippen LogP contribution in [0.25, 0.3) is 93.0 Å². The normalized spacial score (nSPS) is 11.6. The highest BCUT2D eigenvalue weighted by Crippen LogP contribution is 2.54. The molecule has 0 amide bonds. The van der Waals surface area contributed by atoms with Gasteiger partial charge in [0, 0.05) is 47.8 Å². The first-order chi connectivity index (χ1) is 26.9. The molecule has 9 nitrogen and oxygen atoms in total. The molecule has 7 aromatic carbocycles. The van der Waals surface area contributed by atoms with Crippen molar-refractivity contribution in [2.45, 2.75) is 0 Å². The third-order valence-electron chi connectivity index (χ3n) is 10.0. The fourth-order valence-corrected chi connectivity index (χ4v) is 8.57. The van der Waals surface area contributed by atoms with Crippen molar-refractivity contribution in [3.63, 3.8) is 0 Å². The van der Waals surface area contributed by atoms with Gasteiger partial charge in [0.15, 0.2) is 29.0 Å². The fraction of sp³-hybridized carbons (Fsp3) is 0. The zero-order valence-corrected chi connectivity index (χ0v) is 29.5. The number of phenols is 5. The van der Waals surface area contributed by atoms with Gasteiger partial charge >= 0.3 is 0 Å². The second-order valence-corrected chi connectivity index (χ2v) is 14.3. The van der Waals surface area contributed by atoms with Gasteiger partial charge in [-0.05, 0) is 47.5 Å². The summed E-state index contributed by atoms with van der Waals surface area (Å²) in [5, 5.41) is 56.9. The molecule has 10 aromatic rings. The summed E-state index contributed by atoms with van der Waals surface area (Å²) in [4.78, 5) is 14.0. The molecule has 0 radical (unpaired) electrons. The van der Waals surface area contributed by atoms with Crippen LogP contribution in [0.1, 0.15) is 0 Å². The van der Waals surface area contributed by atoms with E-state index >= 15 is 0 Å². The van der Waals surface area contributed by atoms with Crippen LogP contribution in [-0.4, -0.2) is 45.1 Å². The molecule has 0 aliphatic heterocycles. The van der Waals surface area contributed by atoms with Gasteiger partial charge in [0.2, 0.25) is 17.2 Å². The molecular weight excluding hydrogens is 709 g/mol. The highest BCUT2D eigenvalue weighted by molar-refractivity contribution is 7.26. The van der Waals surface area contributed by atoms with E-state index in [-0.39, 0.29) is 17.5 Å². The zero-order valence-electron chi connectivity index (χ0n) is 28.7. The average Bonchev–Trinajstić information content (AvgIpc) is 3.78. The van der Waals surface area contributed by atoms with Crippen LogP contribution >= 0.6 is 11.3 Å². The van der Waals surface area contributed by atoms with Gasteiger partial charge in [0.1, 0.15) is 5.56 Å². The Kier molecular flexibility index (Phi) is 7.23. The van der Waals surface area contributed by atoms with Gasteiger partial charge in [-0.25, -0.2) is 15.0 Å². The molecule has 0 saturated heterocycles. The maximum absolute atomic E-state index is 10.9.